The lowest BCUT2D eigenvalue weighted by atomic mass is 10.2. The van der Waals surface area contributed by atoms with Crippen molar-refractivity contribution in [2.24, 2.45) is 0 Å². The maximum Gasteiger partial charge on any atom is 0.221 e. The number of aromatic nitrogens is 1. The quantitative estimate of drug-likeness (QED) is 0.908. The molecule has 1 amide bonds. The van der Waals surface area contributed by atoms with Crippen LogP contribution in [0.25, 0.3) is 0 Å². The van der Waals surface area contributed by atoms with Crippen LogP contribution in [0.2, 0.25) is 0 Å². The normalized spacial score (nSPS) is 10.0. The Morgan fingerprint density at radius 3 is 2.84 bits per heavy atom. The van der Waals surface area contributed by atoms with Crippen LogP contribution in [0.5, 0.6) is 0 Å². The Bertz CT molecular complexity index is 586. The molecule has 4 nitrogen and oxygen atoms in total. The second-order valence-electron chi connectivity index (χ2n) is 4.13. The highest BCUT2D eigenvalue weighted by Crippen LogP contribution is 2.16. The second-order valence-corrected chi connectivity index (χ2v) is 5.04. The molecule has 98 valence electrons. The van der Waals surface area contributed by atoms with Crippen LogP contribution in [0.4, 0.5) is 11.4 Å². The van der Waals surface area contributed by atoms with E-state index in [1.807, 2.05) is 30.3 Å². The number of pyridine rings is 1. The molecule has 2 rings (SSSR count). The van der Waals surface area contributed by atoms with Crippen LogP contribution in [-0.2, 0) is 11.3 Å². The fourth-order valence-corrected chi connectivity index (χ4v) is 2.04. The number of benzene rings is 1. The van der Waals surface area contributed by atoms with Crippen LogP contribution >= 0.6 is 15.9 Å². The molecule has 0 fully saturated rings. The molecule has 0 aliphatic carbocycles. The van der Waals surface area contributed by atoms with Crippen molar-refractivity contribution < 1.29 is 4.79 Å². The van der Waals surface area contributed by atoms with Crippen LogP contribution in [0.3, 0.4) is 0 Å². The van der Waals surface area contributed by atoms with E-state index in [0.29, 0.717) is 6.54 Å². The van der Waals surface area contributed by atoms with Crippen molar-refractivity contribution in [2.45, 2.75) is 13.5 Å². The summed E-state index contributed by atoms with van der Waals surface area (Å²) < 4.78 is 0.935. The minimum Gasteiger partial charge on any atom is -0.380 e. The Hall–Kier alpha value is -1.88. The first-order chi connectivity index (χ1) is 9.13. The van der Waals surface area contributed by atoms with E-state index < -0.39 is 0 Å². The molecule has 19 heavy (non-hydrogen) atoms. The average Bonchev–Trinajstić information content (AvgIpc) is 2.36. The van der Waals surface area contributed by atoms with Crippen molar-refractivity contribution >= 4 is 33.2 Å². The molecule has 0 spiro atoms. The van der Waals surface area contributed by atoms with Crippen LogP contribution in [0.15, 0.2) is 47.2 Å². The Morgan fingerprint density at radius 1 is 1.26 bits per heavy atom. The topological polar surface area (TPSA) is 54.0 Å². The van der Waals surface area contributed by atoms with Crippen LogP contribution < -0.4 is 10.6 Å². The van der Waals surface area contributed by atoms with E-state index in [9.17, 15) is 4.79 Å². The van der Waals surface area contributed by atoms with Gasteiger partial charge in [-0.15, -0.1) is 0 Å². The van der Waals surface area contributed by atoms with Crippen molar-refractivity contribution in [3.05, 3.63) is 52.8 Å². The van der Waals surface area contributed by atoms with Gasteiger partial charge in [-0.1, -0.05) is 12.1 Å². The fourth-order valence-electron chi connectivity index (χ4n) is 1.67. The smallest absolute Gasteiger partial charge is 0.221 e. The molecule has 0 radical (unpaired) electrons. The van der Waals surface area contributed by atoms with Gasteiger partial charge in [0.05, 0.1) is 11.9 Å². The number of rotatable bonds is 4. The lowest BCUT2D eigenvalue weighted by Crippen LogP contribution is -2.06. The predicted molar refractivity (Wildman–Crippen MR) is 80.0 cm³/mol. The second kappa shape index (κ2) is 6.33. The van der Waals surface area contributed by atoms with E-state index in [1.165, 1.54) is 6.92 Å². The molecule has 0 unspecified atom stereocenters. The molecule has 0 saturated carbocycles. The van der Waals surface area contributed by atoms with Crippen molar-refractivity contribution in [1.82, 2.24) is 4.98 Å². The van der Waals surface area contributed by atoms with Gasteiger partial charge >= 0.3 is 0 Å². The van der Waals surface area contributed by atoms with Gasteiger partial charge in [0, 0.05) is 29.8 Å². The van der Waals surface area contributed by atoms with Gasteiger partial charge in [0.2, 0.25) is 5.91 Å². The molecule has 1 aromatic heterocycles. The number of amides is 1. The highest BCUT2D eigenvalue weighted by atomic mass is 79.9. The average molecular weight is 320 g/mol. The summed E-state index contributed by atoms with van der Waals surface area (Å²) in [6.07, 6.45) is 3.50. The number of carbonyl (C=O) groups is 1. The summed E-state index contributed by atoms with van der Waals surface area (Å²) in [6, 6.07) is 9.70. The predicted octanol–water partition coefficient (Wildman–Crippen LogP) is 3.41. The number of nitrogens with one attached hydrogen (secondary N) is 2. The molecular formula is C14H14BrN3O. The Kier molecular flexibility index (Phi) is 4.52. The van der Waals surface area contributed by atoms with Crippen molar-refractivity contribution in [2.75, 3.05) is 10.6 Å². The number of hydrogen-bond donors (Lipinski definition) is 2. The van der Waals surface area contributed by atoms with Crippen LogP contribution in [0, 0.1) is 0 Å². The minimum absolute atomic E-state index is 0.0682. The highest BCUT2D eigenvalue weighted by molar-refractivity contribution is 9.10. The first kappa shape index (κ1) is 13.5. The van der Waals surface area contributed by atoms with Gasteiger partial charge in [-0.2, -0.15) is 0 Å². The van der Waals surface area contributed by atoms with Gasteiger partial charge in [0.1, 0.15) is 0 Å². The number of anilines is 2. The number of halogens is 1. The first-order valence-corrected chi connectivity index (χ1v) is 6.64. The summed E-state index contributed by atoms with van der Waals surface area (Å²) in [5, 5.41) is 6.04. The summed E-state index contributed by atoms with van der Waals surface area (Å²) in [4.78, 5) is 15.1. The minimum atomic E-state index is -0.0682. The SMILES string of the molecule is CC(=O)Nc1cccc(CNc2cncc(Br)c2)c1. The summed E-state index contributed by atoms with van der Waals surface area (Å²) in [5.41, 5.74) is 2.84. The largest absolute Gasteiger partial charge is 0.380 e. The zero-order chi connectivity index (χ0) is 13.7. The van der Waals surface area contributed by atoms with E-state index in [1.54, 1.807) is 12.4 Å². The standard InChI is InChI=1S/C14H14BrN3O/c1-10(19)18-13-4-2-3-11(5-13)7-17-14-6-12(15)8-16-9-14/h2-6,8-9,17H,7H2,1H3,(H,18,19). The molecule has 0 saturated heterocycles. The van der Waals surface area contributed by atoms with Gasteiger partial charge in [0.25, 0.3) is 0 Å². The fraction of sp³-hybridized carbons (Fsp3) is 0.143. The van der Waals surface area contributed by atoms with Gasteiger partial charge < -0.3 is 10.6 Å². The number of hydrogen-bond acceptors (Lipinski definition) is 3. The number of carbonyl (C=O) groups excluding carboxylic acids is 1. The summed E-state index contributed by atoms with van der Waals surface area (Å²) >= 11 is 3.38. The molecule has 0 atom stereocenters. The molecule has 0 aliphatic heterocycles. The van der Waals surface area contributed by atoms with Crippen LogP contribution in [-0.4, -0.2) is 10.9 Å². The van der Waals surface area contributed by atoms with E-state index in [0.717, 1.165) is 21.4 Å². The summed E-state index contributed by atoms with van der Waals surface area (Å²) in [7, 11) is 0. The third-order valence-electron chi connectivity index (χ3n) is 2.45. The van der Waals surface area contributed by atoms with Gasteiger partial charge in [-0.3, -0.25) is 9.78 Å². The Balaban J connectivity index is 2.01. The van der Waals surface area contributed by atoms with E-state index in [-0.39, 0.29) is 5.91 Å². The summed E-state index contributed by atoms with van der Waals surface area (Å²) in [5.74, 6) is -0.0682. The van der Waals surface area contributed by atoms with Crippen molar-refractivity contribution in [1.29, 1.82) is 0 Å². The first-order valence-electron chi connectivity index (χ1n) is 5.84. The maximum absolute atomic E-state index is 11.0. The lowest BCUT2D eigenvalue weighted by molar-refractivity contribution is -0.114. The van der Waals surface area contributed by atoms with Crippen molar-refractivity contribution in [3.63, 3.8) is 0 Å². The van der Waals surface area contributed by atoms with E-state index in [4.69, 9.17) is 0 Å². The monoisotopic (exact) mass is 319 g/mol. The van der Waals surface area contributed by atoms with Gasteiger partial charge in [-0.05, 0) is 39.7 Å². The lowest BCUT2D eigenvalue weighted by Gasteiger charge is -2.08. The van der Waals surface area contributed by atoms with E-state index >= 15 is 0 Å². The molecule has 0 aliphatic rings. The Morgan fingerprint density at radius 2 is 2.11 bits per heavy atom. The molecular weight excluding hydrogens is 306 g/mol. The molecule has 5 heteroatoms. The summed E-state index contributed by atoms with van der Waals surface area (Å²) in [6.45, 7) is 2.17. The molecule has 2 aromatic rings. The molecule has 0 bridgehead atoms. The van der Waals surface area contributed by atoms with E-state index in [2.05, 4.69) is 31.5 Å². The maximum atomic E-state index is 11.0. The molecule has 2 N–H and O–H groups in total. The molecule has 1 aromatic carbocycles. The zero-order valence-electron chi connectivity index (χ0n) is 10.5. The zero-order valence-corrected chi connectivity index (χ0v) is 12.1. The third kappa shape index (κ3) is 4.37. The van der Waals surface area contributed by atoms with Crippen LogP contribution in [0.1, 0.15) is 12.5 Å². The van der Waals surface area contributed by atoms with Gasteiger partial charge in [0.15, 0.2) is 0 Å². The Labute approximate surface area is 120 Å². The number of nitrogens with zero attached hydrogens (tertiary/aromatic N) is 1. The van der Waals surface area contributed by atoms with Gasteiger partial charge in [-0.25, -0.2) is 0 Å². The van der Waals surface area contributed by atoms with Crippen molar-refractivity contribution in [3.8, 4) is 0 Å². The highest BCUT2D eigenvalue weighted by Gasteiger charge is 1.99. The third-order valence-corrected chi connectivity index (χ3v) is 2.88. The molecule has 1 heterocycles.